The van der Waals surface area contributed by atoms with Crippen molar-refractivity contribution in [2.45, 2.75) is 19.8 Å². The van der Waals surface area contributed by atoms with E-state index in [1.165, 1.54) is 6.07 Å². The van der Waals surface area contributed by atoms with Crippen LogP contribution < -0.4 is 10.6 Å². The lowest BCUT2D eigenvalue weighted by Crippen LogP contribution is -2.28. The lowest BCUT2D eigenvalue weighted by Gasteiger charge is -2.10. The van der Waals surface area contributed by atoms with Crippen molar-refractivity contribution < 1.29 is 8.91 Å². The van der Waals surface area contributed by atoms with Crippen molar-refractivity contribution in [2.75, 3.05) is 11.9 Å². The molecular formula is C20H21FN4O. The largest absolute Gasteiger partial charge is 0.357 e. The molecule has 1 aromatic heterocycles. The van der Waals surface area contributed by atoms with Crippen LogP contribution in [-0.4, -0.2) is 17.7 Å². The summed E-state index contributed by atoms with van der Waals surface area (Å²) in [6.45, 7) is 4.59. The van der Waals surface area contributed by atoms with Crippen molar-refractivity contribution >= 4 is 11.8 Å². The average Bonchev–Trinajstić information content (AvgIpc) is 3.10. The van der Waals surface area contributed by atoms with Gasteiger partial charge in [0.1, 0.15) is 5.82 Å². The smallest absolute Gasteiger partial charge is 0.231 e. The van der Waals surface area contributed by atoms with Gasteiger partial charge in [-0.25, -0.2) is 4.39 Å². The Morgan fingerprint density at radius 1 is 1.19 bits per heavy atom. The molecule has 3 rings (SSSR count). The number of hydrogen-bond acceptors (Lipinski definition) is 3. The standard InChI is InChI=1S/C20H21FN4O/c1-3-23-20(22)24-19-12-18(25-26-19)13(2)14-8-10-15(11-9-14)16-6-4-5-7-17(16)21/h4-13H,3H2,1-2H3,(H3,22,23,24). The third-order valence-corrected chi connectivity index (χ3v) is 4.17. The molecule has 0 saturated carbocycles. The van der Waals surface area contributed by atoms with Crippen LogP contribution in [0.25, 0.3) is 11.1 Å². The van der Waals surface area contributed by atoms with E-state index < -0.39 is 0 Å². The second-order valence-corrected chi connectivity index (χ2v) is 5.97. The Morgan fingerprint density at radius 2 is 1.92 bits per heavy atom. The number of halogens is 1. The van der Waals surface area contributed by atoms with Crippen LogP contribution >= 0.6 is 0 Å². The first-order valence-corrected chi connectivity index (χ1v) is 8.49. The monoisotopic (exact) mass is 352 g/mol. The van der Waals surface area contributed by atoms with E-state index in [1.807, 2.05) is 44.2 Å². The Morgan fingerprint density at radius 3 is 2.62 bits per heavy atom. The Balaban J connectivity index is 1.74. The van der Waals surface area contributed by atoms with E-state index in [-0.39, 0.29) is 17.7 Å². The predicted molar refractivity (Wildman–Crippen MR) is 101 cm³/mol. The third kappa shape index (κ3) is 3.91. The molecule has 0 bridgehead atoms. The molecule has 1 heterocycles. The minimum Gasteiger partial charge on any atom is -0.357 e. The highest BCUT2D eigenvalue weighted by Gasteiger charge is 2.15. The predicted octanol–water partition coefficient (Wildman–Crippen LogP) is 4.59. The second-order valence-electron chi connectivity index (χ2n) is 5.97. The molecule has 0 saturated heterocycles. The maximum Gasteiger partial charge on any atom is 0.231 e. The van der Waals surface area contributed by atoms with Crippen LogP contribution in [0.15, 0.2) is 59.1 Å². The summed E-state index contributed by atoms with van der Waals surface area (Å²) < 4.78 is 19.2. The van der Waals surface area contributed by atoms with E-state index in [0.29, 0.717) is 18.0 Å². The van der Waals surface area contributed by atoms with Gasteiger partial charge in [0.2, 0.25) is 5.88 Å². The van der Waals surface area contributed by atoms with Crippen LogP contribution in [0.1, 0.15) is 31.0 Å². The maximum atomic E-state index is 13.9. The first-order valence-electron chi connectivity index (χ1n) is 8.49. The van der Waals surface area contributed by atoms with E-state index >= 15 is 0 Å². The Labute approximate surface area is 151 Å². The summed E-state index contributed by atoms with van der Waals surface area (Å²) in [7, 11) is 0. The van der Waals surface area contributed by atoms with Crippen molar-refractivity contribution in [1.29, 1.82) is 5.41 Å². The molecule has 6 heteroatoms. The van der Waals surface area contributed by atoms with Gasteiger partial charge in [-0.2, -0.15) is 0 Å². The van der Waals surface area contributed by atoms with Crippen molar-refractivity contribution in [1.82, 2.24) is 10.5 Å². The molecule has 1 unspecified atom stereocenters. The fraction of sp³-hybridized carbons (Fsp3) is 0.200. The van der Waals surface area contributed by atoms with Crippen LogP contribution in [-0.2, 0) is 0 Å². The summed E-state index contributed by atoms with van der Waals surface area (Å²) in [5.74, 6) is 0.360. The summed E-state index contributed by atoms with van der Waals surface area (Å²) >= 11 is 0. The molecule has 134 valence electrons. The highest BCUT2D eigenvalue weighted by molar-refractivity contribution is 5.89. The quantitative estimate of drug-likeness (QED) is 0.464. The second kappa shape index (κ2) is 7.82. The van der Waals surface area contributed by atoms with Gasteiger partial charge in [0, 0.05) is 24.1 Å². The van der Waals surface area contributed by atoms with Gasteiger partial charge in [0.25, 0.3) is 0 Å². The lowest BCUT2D eigenvalue weighted by atomic mass is 9.95. The number of nitrogens with zero attached hydrogens (tertiary/aromatic N) is 1. The molecule has 0 amide bonds. The van der Waals surface area contributed by atoms with Gasteiger partial charge in [0.05, 0.1) is 5.69 Å². The van der Waals surface area contributed by atoms with Crippen molar-refractivity contribution in [3.8, 4) is 11.1 Å². The van der Waals surface area contributed by atoms with E-state index in [2.05, 4.69) is 15.8 Å². The minimum atomic E-state index is -0.233. The number of guanidine groups is 1. The summed E-state index contributed by atoms with van der Waals surface area (Å²) in [6.07, 6.45) is 0. The van der Waals surface area contributed by atoms with Gasteiger partial charge in [-0.15, -0.1) is 0 Å². The summed E-state index contributed by atoms with van der Waals surface area (Å²) in [6, 6.07) is 16.3. The highest BCUT2D eigenvalue weighted by Crippen LogP contribution is 2.28. The van der Waals surface area contributed by atoms with Gasteiger partial charge in [-0.3, -0.25) is 10.7 Å². The van der Waals surface area contributed by atoms with Crippen molar-refractivity contribution in [3.05, 3.63) is 71.7 Å². The Kier molecular flexibility index (Phi) is 5.31. The van der Waals surface area contributed by atoms with Crippen molar-refractivity contribution in [3.63, 3.8) is 0 Å². The molecule has 0 radical (unpaired) electrons. The fourth-order valence-corrected chi connectivity index (χ4v) is 2.71. The highest BCUT2D eigenvalue weighted by atomic mass is 19.1. The average molecular weight is 352 g/mol. The molecule has 0 aliphatic carbocycles. The molecule has 3 aromatic rings. The number of aromatic nitrogens is 1. The fourth-order valence-electron chi connectivity index (χ4n) is 2.71. The van der Waals surface area contributed by atoms with Gasteiger partial charge in [0.15, 0.2) is 5.96 Å². The van der Waals surface area contributed by atoms with Crippen LogP contribution in [0.3, 0.4) is 0 Å². The number of hydrogen-bond donors (Lipinski definition) is 3. The lowest BCUT2D eigenvalue weighted by molar-refractivity contribution is 0.424. The first-order chi connectivity index (χ1) is 12.6. The van der Waals surface area contributed by atoms with Gasteiger partial charge in [-0.1, -0.05) is 54.5 Å². The van der Waals surface area contributed by atoms with Gasteiger partial charge < -0.3 is 9.84 Å². The normalized spacial score (nSPS) is 11.8. The van der Waals surface area contributed by atoms with E-state index in [1.54, 1.807) is 18.2 Å². The van der Waals surface area contributed by atoms with Crippen LogP contribution in [0.5, 0.6) is 0 Å². The van der Waals surface area contributed by atoms with Crippen molar-refractivity contribution in [2.24, 2.45) is 0 Å². The van der Waals surface area contributed by atoms with Crippen LogP contribution in [0.4, 0.5) is 10.3 Å². The van der Waals surface area contributed by atoms with E-state index in [0.717, 1.165) is 16.8 Å². The van der Waals surface area contributed by atoms with E-state index in [4.69, 9.17) is 9.93 Å². The zero-order chi connectivity index (χ0) is 18.5. The Hall–Kier alpha value is -3.15. The molecule has 2 aromatic carbocycles. The topological polar surface area (TPSA) is 73.9 Å². The molecule has 3 N–H and O–H groups in total. The summed E-state index contributed by atoms with van der Waals surface area (Å²) in [5.41, 5.74) is 3.23. The van der Waals surface area contributed by atoms with Gasteiger partial charge in [-0.05, 0) is 24.1 Å². The molecular weight excluding hydrogens is 331 g/mol. The molecule has 26 heavy (non-hydrogen) atoms. The van der Waals surface area contributed by atoms with E-state index in [9.17, 15) is 4.39 Å². The number of benzene rings is 2. The molecule has 0 aliphatic heterocycles. The Bertz CT molecular complexity index is 889. The first kappa shape index (κ1) is 17.7. The molecule has 5 nitrogen and oxygen atoms in total. The zero-order valence-corrected chi connectivity index (χ0v) is 14.7. The molecule has 0 spiro atoms. The number of anilines is 1. The zero-order valence-electron chi connectivity index (χ0n) is 14.7. The SMILES string of the molecule is CCNC(=N)Nc1cc(C(C)c2ccc(-c3ccccc3F)cc2)no1. The number of rotatable bonds is 5. The number of nitrogens with one attached hydrogen (secondary N) is 3. The van der Waals surface area contributed by atoms with Crippen LogP contribution in [0, 0.1) is 11.2 Å². The maximum absolute atomic E-state index is 13.9. The summed E-state index contributed by atoms with van der Waals surface area (Å²) in [4.78, 5) is 0. The summed E-state index contributed by atoms with van der Waals surface area (Å²) in [5, 5.41) is 17.4. The molecule has 1 atom stereocenters. The van der Waals surface area contributed by atoms with Crippen LogP contribution in [0.2, 0.25) is 0 Å². The van der Waals surface area contributed by atoms with Gasteiger partial charge >= 0.3 is 0 Å². The molecule has 0 fully saturated rings. The minimum absolute atomic E-state index is 0.0114. The third-order valence-electron chi connectivity index (χ3n) is 4.17. The molecule has 0 aliphatic rings.